The second kappa shape index (κ2) is 7.48. The Morgan fingerprint density at radius 3 is 2.61 bits per heavy atom. The van der Waals surface area contributed by atoms with E-state index in [9.17, 15) is 9.59 Å². The van der Waals surface area contributed by atoms with E-state index in [2.05, 4.69) is 15.5 Å². The number of nitrogens with zero attached hydrogens (tertiary/aromatic N) is 2. The number of amides is 1. The number of anilines is 1. The number of aromatic nitrogens is 2. The summed E-state index contributed by atoms with van der Waals surface area (Å²) in [6.45, 7) is 11.7. The fraction of sp³-hybridized carbons (Fsp3) is 0.417. The SMILES string of the molecule is Cc1cccc(-c2nc(C(C)C)no2)c1NC(=O)c1oc2c(c1C)C(=O)CC(C)(C)C2. The number of nitrogens with one attached hydrogen (secondary N) is 1. The smallest absolute Gasteiger partial charge is 0.291 e. The van der Waals surface area contributed by atoms with Crippen LogP contribution in [0.3, 0.4) is 0 Å². The topological polar surface area (TPSA) is 98.2 Å². The summed E-state index contributed by atoms with van der Waals surface area (Å²) >= 11 is 0. The molecule has 0 unspecified atom stereocenters. The zero-order valence-corrected chi connectivity index (χ0v) is 18.8. The summed E-state index contributed by atoms with van der Waals surface area (Å²) in [6.07, 6.45) is 1.07. The summed E-state index contributed by atoms with van der Waals surface area (Å²) in [4.78, 5) is 30.3. The molecule has 0 radical (unpaired) electrons. The largest absolute Gasteiger partial charge is 0.455 e. The molecule has 162 valence electrons. The van der Waals surface area contributed by atoms with Crippen molar-refractivity contribution in [2.45, 2.75) is 60.3 Å². The molecule has 31 heavy (non-hydrogen) atoms. The predicted molar refractivity (Wildman–Crippen MR) is 116 cm³/mol. The first-order valence-electron chi connectivity index (χ1n) is 10.5. The molecule has 0 spiro atoms. The molecular formula is C24H27N3O4. The van der Waals surface area contributed by atoms with E-state index in [1.807, 2.05) is 52.8 Å². The lowest BCUT2D eigenvalue weighted by Crippen LogP contribution is -2.26. The summed E-state index contributed by atoms with van der Waals surface area (Å²) in [5.41, 5.74) is 3.01. The lowest BCUT2D eigenvalue weighted by Gasteiger charge is -2.27. The number of furan rings is 1. The van der Waals surface area contributed by atoms with Gasteiger partial charge in [0.15, 0.2) is 17.4 Å². The highest BCUT2D eigenvalue weighted by Gasteiger charge is 2.37. The summed E-state index contributed by atoms with van der Waals surface area (Å²) in [5.74, 6) is 1.44. The summed E-state index contributed by atoms with van der Waals surface area (Å²) in [5, 5.41) is 6.97. The molecule has 3 aromatic rings. The van der Waals surface area contributed by atoms with Crippen molar-refractivity contribution in [3.8, 4) is 11.5 Å². The quantitative estimate of drug-likeness (QED) is 0.599. The van der Waals surface area contributed by atoms with Crippen LogP contribution in [0, 0.1) is 19.3 Å². The maximum atomic E-state index is 13.2. The number of fused-ring (bicyclic) bond motifs is 1. The van der Waals surface area contributed by atoms with E-state index in [4.69, 9.17) is 8.94 Å². The molecule has 0 aliphatic heterocycles. The Kier molecular flexibility index (Phi) is 5.07. The van der Waals surface area contributed by atoms with Gasteiger partial charge in [-0.15, -0.1) is 0 Å². The molecule has 1 aromatic carbocycles. The highest BCUT2D eigenvalue weighted by Crippen LogP contribution is 2.39. The van der Waals surface area contributed by atoms with E-state index in [1.165, 1.54) is 0 Å². The van der Waals surface area contributed by atoms with Gasteiger partial charge in [-0.2, -0.15) is 4.98 Å². The number of hydrogen-bond acceptors (Lipinski definition) is 6. The van der Waals surface area contributed by atoms with Gasteiger partial charge in [0.1, 0.15) is 5.76 Å². The number of carbonyl (C=O) groups excluding carboxylic acids is 2. The van der Waals surface area contributed by atoms with Crippen molar-refractivity contribution >= 4 is 17.4 Å². The van der Waals surface area contributed by atoms with Crippen LogP contribution in [0.25, 0.3) is 11.5 Å². The third-order valence-corrected chi connectivity index (χ3v) is 5.68. The second-order valence-corrected chi connectivity index (χ2v) is 9.36. The number of aryl methyl sites for hydroxylation is 1. The van der Waals surface area contributed by atoms with Crippen LogP contribution < -0.4 is 5.32 Å². The molecule has 4 rings (SSSR count). The molecule has 1 aliphatic carbocycles. The van der Waals surface area contributed by atoms with Crippen molar-refractivity contribution in [3.05, 3.63) is 52.2 Å². The van der Waals surface area contributed by atoms with E-state index in [0.29, 0.717) is 52.7 Å². The van der Waals surface area contributed by atoms with Crippen LogP contribution in [0.1, 0.15) is 83.7 Å². The zero-order chi connectivity index (χ0) is 22.5. The number of hydrogen-bond donors (Lipinski definition) is 1. The number of benzene rings is 1. The predicted octanol–water partition coefficient (Wildman–Crippen LogP) is 5.48. The van der Waals surface area contributed by atoms with Crippen molar-refractivity contribution in [1.82, 2.24) is 10.1 Å². The molecule has 0 saturated heterocycles. The van der Waals surface area contributed by atoms with Gasteiger partial charge in [0.05, 0.1) is 16.8 Å². The Hall–Kier alpha value is -3.22. The average molecular weight is 421 g/mol. The van der Waals surface area contributed by atoms with E-state index in [-0.39, 0.29) is 22.9 Å². The van der Waals surface area contributed by atoms with Gasteiger partial charge in [-0.25, -0.2) is 0 Å². The maximum Gasteiger partial charge on any atom is 0.291 e. The van der Waals surface area contributed by atoms with Gasteiger partial charge in [-0.3, -0.25) is 9.59 Å². The number of ketones is 1. The van der Waals surface area contributed by atoms with Crippen molar-refractivity contribution in [2.24, 2.45) is 5.41 Å². The molecule has 7 nitrogen and oxygen atoms in total. The van der Waals surface area contributed by atoms with Gasteiger partial charge in [0.25, 0.3) is 11.8 Å². The van der Waals surface area contributed by atoms with Crippen LogP contribution in [0.5, 0.6) is 0 Å². The minimum atomic E-state index is -0.406. The van der Waals surface area contributed by atoms with E-state index < -0.39 is 5.91 Å². The fourth-order valence-corrected chi connectivity index (χ4v) is 4.06. The van der Waals surface area contributed by atoms with Crippen LogP contribution in [-0.4, -0.2) is 21.8 Å². The van der Waals surface area contributed by atoms with E-state index in [1.54, 1.807) is 6.92 Å². The molecule has 1 amide bonds. The standard InChI is InChI=1S/C24H27N3O4/c1-12(2)21-26-23(31-27-21)15-9-7-8-13(3)19(15)25-22(29)20-14(4)18-16(28)10-24(5,6)11-17(18)30-20/h7-9,12H,10-11H2,1-6H3,(H,25,29). The van der Waals surface area contributed by atoms with Crippen molar-refractivity contribution < 1.29 is 18.5 Å². The van der Waals surface area contributed by atoms with Crippen LogP contribution in [0.4, 0.5) is 5.69 Å². The van der Waals surface area contributed by atoms with Gasteiger partial charge >= 0.3 is 0 Å². The minimum absolute atomic E-state index is 0.0233. The van der Waals surface area contributed by atoms with Crippen LogP contribution in [0.15, 0.2) is 27.1 Å². The lowest BCUT2D eigenvalue weighted by molar-refractivity contribution is 0.0898. The number of Topliss-reactive ketones (excluding diaryl/α,β-unsaturated/α-hetero) is 1. The molecule has 1 aliphatic rings. The molecule has 7 heteroatoms. The van der Waals surface area contributed by atoms with E-state index in [0.717, 1.165) is 5.56 Å². The maximum absolute atomic E-state index is 13.2. The van der Waals surface area contributed by atoms with Gasteiger partial charge in [-0.1, -0.05) is 45.0 Å². The Labute approximate surface area is 181 Å². The first-order valence-corrected chi connectivity index (χ1v) is 10.5. The normalized spacial score (nSPS) is 15.3. The van der Waals surface area contributed by atoms with Gasteiger partial charge in [0.2, 0.25) is 0 Å². The van der Waals surface area contributed by atoms with Crippen LogP contribution in [0.2, 0.25) is 0 Å². The summed E-state index contributed by atoms with van der Waals surface area (Å²) in [6, 6.07) is 5.59. The van der Waals surface area contributed by atoms with Crippen molar-refractivity contribution in [2.75, 3.05) is 5.32 Å². The Balaban J connectivity index is 1.70. The Morgan fingerprint density at radius 2 is 1.94 bits per heavy atom. The second-order valence-electron chi connectivity index (χ2n) is 9.36. The third-order valence-electron chi connectivity index (χ3n) is 5.68. The molecule has 0 atom stereocenters. The molecular weight excluding hydrogens is 394 g/mol. The number of para-hydroxylation sites is 1. The average Bonchev–Trinajstić information content (AvgIpc) is 3.27. The van der Waals surface area contributed by atoms with E-state index >= 15 is 0 Å². The third kappa shape index (κ3) is 3.80. The highest BCUT2D eigenvalue weighted by atomic mass is 16.5. The molecule has 2 aromatic heterocycles. The lowest BCUT2D eigenvalue weighted by atomic mass is 9.76. The summed E-state index contributed by atoms with van der Waals surface area (Å²) in [7, 11) is 0. The van der Waals surface area contributed by atoms with Gasteiger partial charge in [0, 0.05) is 24.3 Å². The minimum Gasteiger partial charge on any atom is -0.455 e. The Bertz CT molecular complexity index is 1180. The zero-order valence-electron chi connectivity index (χ0n) is 18.8. The molecule has 0 saturated carbocycles. The monoisotopic (exact) mass is 421 g/mol. The molecule has 1 N–H and O–H groups in total. The van der Waals surface area contributed by atoms with Crippen molar-refractivity contribution in [1.29, 1.82) is 0 Å². The molecule has 2 heterocycles. The molecule has 0 bridgehead atoms. The number of carbonyl (C=O) groups is 2. The van der Waals surface area contributed by atoms with Crippen LogP contribution >= 0.6 is 0 Å². The van der Waals surface area contributed by atoms with Crippen molar-refractivity contribution in [3.63, 3.8) is 0 Å². The first-order chi connectivity index (χ1) is 14.6. The van der Waals surface area contributed by atoms with Gasteiger partial charge < -0.3 is 14.3 Å². The molecule has 0 fully saturated rings. The number of rotatable bonds is 4. The van der Waals surface area contributed by atoms with Gasteiger partial charge in [-0.05, 0) is 30.9 Å². The Morgan fingerprint density at radius 1 is 1.19 bits per heavy atom. The van der Waals surface area contributed by atoms with Crippen LogP contribution in [-0.2, 0) is 6.42 Å². The highest BCUT2D eigenvalue weighted by molar-refractivity contribution is 6.09. The fourth-order valence-electron chi connectivity index (χ4n) is 4.06. The first kappa shape index (κ1) is 21.0. The summed E-state index contributed by atoms with van der Waals surface area (Å²) < 4.78 is 11.4.